The van der Waals surface area contributed by atoms with Crippen LogP contribution in [0.15, 0.2) is 47.6 Å². The summed E-state index contributed by atoms with van der Waals surface area (Å²) in [5.41, 5.74) is 3.63. The summed E-state index contributed by atoms with van der Waals surface area (Å²) in [6, 6.07) is 12.3. The zero-order valence-corrected chi connectivity index (χ0v) is 14.0. The summed E-state index contributed by atoms with van der Waals surface area (Å²) in [4.78, 5) is 8.46. The van der Waals surface area contributed by atoms with Gasteiger partial charge in [0.05, 0.1) is 7.11 Å². The molecule has 1 heterocycles. The van der Waals surface area contributed by atoms with Crippen molar-refractivity contribution in [3.8, 4) is 5.88 Å². The van der Waals surface area contributed by atoms with Crippen LogP contribution in [0.25, 0.3) is 0 Å². The van der Waals surface area contributed by atoms with E-state index in [0.717, 1.165) is 24.5 Å². The van der Waals surface area contributed by atoms with Gasteiger partial charge in [-0.3, -0.25) is 4.99 Å². The van der Waals surface area contributed by atoms with Gasteiger partial charge in [-0.05, 0) is 23.6 Å². The monoisotopic (exact) mass is 312 g/mol. The first kappa shape index (κ1) is 16.8. The quantitative estimate of drug-likeness (QED) is 0.636. The number of hydrogen-bond acceptors (Lipinski definition) is 3. The van der Waals surface area contributed by atoms with Gasteiger partial charge in [0, 0.05) is 31.9 Å². The molecule has 0 aliphatic heterocycles. The summed E-state index contributed by atoms with van der Waals surface area (Å²) in [6.07, 6.45) is 2.74. The fourth-order valence-electron chi connectivity index (χ4n) is 2.40. The lowest BCUT2D eigenvalue weighted by molar-refractivity contribution is 0.392. The molecule has 0 fully saturated rings. The number of guanidine groups is 1. The fourth-order valence-corrected chi connectivity index (χ4v) is 2.40. The first-order chi connectivity index (χ1) is 11.3. The number of aromatic nitrogens is 1. The van der Waals surface area contributed by atoms with Crippen molar-refractivity contribution in [1.82, 2.24) is 15.6 Å². The Morgan fingerprint density at radius 2 is 1.70 bits per heavy atom. The van der Waals surface area contributed by atoms with E-state index in [-0.39, 0.29) is 0 Å². The van der Waals surface area contributed by atoms with Gasteiger partial charge in [-0.15, -0.1) is 0 Å². The molecule has 122 valence electrons. The molecule has 0 spiro atoms. The van der Waals surface area contributed by atoms with Gasteiger partial charge >= 0.3 is 0 Å². The Hall–Kier alpha value is -2.56. The van der Waals surface area contributed by atoms with Crippen LogP contribution in [-0.2, 0) is 19.5 Å². The normalized spacial score (nSPS) is 11.2. The van der Waals surface area contributed by atoms with Gasteiger partial charge < -0.3 is 15.4 Å². The Labute approximate surface area is 137 Å². The summed E-state index contributed by atoms with van der Waals surface area (Å²) in [5.74, 6) is 1.38. The van der Waals surface area contributed by atoms with Crippen LogP contribution in [0.3, 0.4) is 0 Å². The molecule has 0 amide bonds. The van der Waals surface area contributed by atoms with Gasteiger partial charge in [0.2, 0.25) is 5.88 Å². The van der Waals surface area contributed by atoms with E-state index in [9.17, 15) is 0 Å². The number of aliphatic imine (C=N–C) groups is 1. The average Bonchev–Trinajstić information content (AvgIpc) is 2.62. The molecule has 2 N–H and O–H groups in total. The van der Waals surface area contributed by atoms with Crippen molar-refractivity contribution in [2.24, 2.45) is 4.99 Å². The van der Waals surface area contributed by atoms with Crippen molar-refractivity contribution in [3.63, 3.8) is 0 Å². The number of pyridine rings is 1. The number of benzene rings is 1. The second-order valence-corrected chi connectivity index (χ2v) is 5.07. The molecule has 0 atom stereocenters. The first-order valence-electron chi connectivity index (χ1n) is 7.77. The van der Waals surface area contributed by atoms with Crippen molar-refractivity contribution >= 4 is 5.96 Å². The molecule has 0 saturated carbocycles. The average molecular weight is 312 g/mol. The van der Waals surface area contributed by atoms with Gasteiger partial charge in [0.25, 0.3) is 0 Å². The summed E-state index contributed by atoms with van der Waals surface area (Å²) < 4.78 is 5.26. The minimum Gasteiger partial charge on any atom is -0.481 e. The molecule has 1 aromatic heterocycles. The number of methoxy groups -OCH3 is 1. The third-order valence-electron chi connectivity index (χ3n) is 3.66. The van der Waals surface area contributed by atoms with Crippen molar-refractivity contribution in [2.45, 2.75) is 26.4 Å². The smallest absolute Gasteiger partial charge is 0.218 e. The molecular formula is C18H24N4O. The Kier molecular flexibility index (Phi) is 6.41. The van der Waals surface area contributed by atoms with Gasteiger partial charge in [0.15, 0.2) is 5.96 Å². The minimum absolute atomic E-state index is 0.603. The predicted molar refractivity (Wildman–Crippen MR) is 93.6 cm³/mol. The van der Waals surface area contributed by atoms with Gasteiger partial charge in [0.1, 0.15) is 0 Å². The highest BCUT2D eigenvalue weighted by Crippen LogP contribution is 2.13. The van der Waals surface area contributed by atoms with Crippen LogP contribution in [0.5, 0.6) is 5.88 Å². The Bertz CT molecular complexity index is 601. The van der Waals surface area contributed by atoms with Gasteiger partial charge in [-0.2, -0.15) is 0 Å². The molecule has 23 heavy (non-hydrogen) atoms. The van der Waals surface area contributed by atoms with Crippen LogP contribution in [0.2, 0.25) is 0 Å². The molecular weight excluding hydrogens is 288 g/mol. The highest BCUT2D eigenvalue weighted by atomic mass is 16.5. The first-order valence-corrected chi connectivity index (χ1v) is 7.77. The van der Waals surface area contributed by atoms with Crippen LogP contribution in [-0.4, -0.2) is 25.1 Å². The predicted octanol–water partition coefficient (Wildman–Crippen LogP) is 2.52. The molecule has 0 aliphatic carbocycles. The molecule has 0 unspecified atom stereocenters. The number of nitrogens with zero attached hydrogens (tertiary/aromatic N) is 2. The maximum absolute atomic E-state index is 5.26. The Morgan fingerprint density at radius 3 is 2.35 bits per heavy atom. The van der Waals surface area contributed by atoms with Crippen LogP contribution >= 0.6 is 0 Å². The van der Waals surface area contributed by atoms with Crippen molar-refractivity contribution in [1.29, 1.82) is 0 Å². The molecule has 5 heteroatoms. The topological polar surface area (TPSA) is 58.5 Å². The maximum Gasteiger partial charge on any atom is 0.218 e. The second-order valence-electron chi connectivity index (χ2n) is 5.07. The molecule has 2 aromatic rings. The highest BCUT2D eigenvalue weighted by Gasteiger charge is 2.05. The summed E-state index contributed by atoms with van der Waals surface area (Å²) in [5, 5.41) is 6.63. The third kappa shape index (κ3) is 4.71. The van der Waals surface area contributed by atoms with E-state index in [1.54, 1.807) is 20.4 Å². The molecule has 5 nitrogen and oxygen atoms in total. The number of ether oxygens (including phenoxy) is 1. The lowest BCUT2D eigenvalue weighted by atomic mass is 10.1. The summed E-state index contributed by atoms with van der Waals surface area (Å²) in [7, 11) is 3.39. The summed E-state index contributed by atoms with van der Waals surface area (Å²) in [6.45, 7) is 3.51. The maximum atomic E-state index is 5.26. The zero-order valence-electron chi connectivity index (χ0n) is 14.0. The molecule has 0 radical (unpaired) electrons. The van der Waals surface area contributed by atoms with E-state index >= 15 is 0 Å². The van der Waals surface area contributed by atoms with E-state index < -0.39 is 0 Å². The number of hydrogen-bond donors (Lipinski definition) is 2. The Morgan fingerprint density at radius 1 is 1.04 bits per heavy atom. The third-order valence-corrected chi connectivity index (χ3v) is 3.66. The summed E-state index contributed by atoms with van der Waals surface area (Å²) >= 11 is 0. The van der Waals surface area contributed by atoms with Gasteiger partial charge in [-0.1, -0.05) is 37.3 Å². The molecule has 0 saturated heterocycles. The van der Waals surface area contributed by atoms with Gasteiger partial charge in [-0.25, -0.2) is 4.98 Å². The van der Waals surface area contributed by atoms with Crippen LogP contribution in [0.4, 0.5) is 0 Å². The van der Waals surface area contributed by atoms with E-state index in [1.807, 2.05) is 12.1 Å². The molecule has 2 rings (SSSR count). The van der Waals surface area contributed by atoms with Crippen LogP contribution in [0, 0.1) is 0 Å². The lowest BCUT2D eigenvalue weighted by Crippen LogP contribution is -2.36. The highest BCUT2D eigenvalue weighted by molar-refractivity contribution is 5.79. The van der Waals surface area contributed by atoms with Crippen molar-refractivity contribution in [2.75, 3.05) is 14.2 Å². The van der Waals surface area contributed by atoms with E-state index in [0.29, 0.717) is 12.4 Å². The SMILES string of the molecule is CCc1ccccc1CNC(=NC)NCc1cccnc1OC. The largest absolute Gasteiger partial charge is 0.481 e. The van der Waals surface area contributed by atoms with E-state index in [4.69, 9.17) is 4.74 Å². The van der Waals surface area contributed by atoms with Crippen molar-refractivity contribution < 1.29 is 4.74 Å². The van der Waals surface area contributed by atoms with Crippen molar-refractivity contribution in [3.05, 3.63) is 59.3 Å². The lowest BCUT2D eigenvalue weighted by Gasteiger charge is -2.14. The van der Waals surface area contributed by atoms with Crippen LogP contribution < -0.4 is 15.4 Å². The van der Waals surface area contributed by atoms with E-state index in [2.05, 4.69) is 51.8 Å². The van der Waals surface area contributed by atoms with E-state index in [1.165, 1.54) is 11.1 Å². The number of nitrogens with one attached hydrogen (secondary N) is 2. The zero-order chi connectivity index (χ0) is 16.5. The minimum atomic E-state index is 0.603. The fraction of sp³-hybridized carbons (Fsp3) is 0.333. The standard InChI is InChI=1S/C18H24N4O/c1-4-14-8-5-6-9-15(14)12-21-18(19-2)22-13-16-10-7-11-20-17(16)23-3/h5-11H,4,12-13H2,1-3H3,(H2,19,21,22). The molecule has 1 aromatic carbocycles. The molecule has 0 bridgehead atoms. The Balaban J connectivity index is 1.93. The number of aryl methyl sites for hydroxylation is 1. The number of rotatable bonds is 6. The second kappa shape index (κ2) is 8.78. The molecule has 0 aliphatic rings. The van der Waals surface area contributed by atoms with Crippen LogP contribution in [0.1, 0.15) is 23.6 Å².